The average molecular weight is 236 g/mol. The minimum Gasteiger partial charge on any atom is -0.372 e. The highest BCUT2D eigenvalue weighted by Gasteiger charge is 2.00. The van der Waals surface area contributed by atoms with Crippen molar-refractivity contribution >= 4 is 0 Å². The Hall–Kier alpha value is -0.930. The molecule has 1 heterocycles. The molecule has 1 N–H and O–H groups in total. The van der Waals surface area contributed by atoms with Crippen LogP contribution in [0.3, 0.4) is 0 Å². The van der Waals surface area contributed by atoms with E-state index in [4.69, 9.17) is 4.74 Å². The summed E-state index contributed by atoms with van der Waals surface area (Å²) in [5.41, 5.74) is 2.23. The fourth-order valence-corrected chi connectivity index (χ4v) is 1.40. The topological polar surface area (TPSA) is 34.1 Å². The van der Waals surface area contributed by atoms with Gasteiger partial charge in [0.05, 0.1) is 18.4 Å². The highest BCUT2D eigenvalue weighted by molar-refractivity contribution is 5.13. The molecule has 0 aliphatic carbocycles. The van der Waals surface area contributed by atoms with E-state index in [2.05, 4.69) is 37.1 Å². The Bertz CT molecular complexity index is 298. The van der Waals surface area contributed by atoms with E-state index in [-0.39, 0.29) is 0 Å². The van der Waals surface area contributed by atoms with Crippen LogP contribution in [0.4, 0.5) is 0 Å². The minimum absolute atomic E-state index is 0.308. The predicted octanol–water partition coefficient (Wildman–Crippen LogP) is 2.90. The van der Waals surface area contributed by atoms with E-state index in [0.29, 0.717) is 12.7 Å². The maximum atomic E-state index is 5.64. The molecule has 0 saturated heterocycles. The van der Waals surface area contributed by atoms with E-state index in [1.54, 1.807) is 0 Å². The summed E-state index contributed by atoms with van der Waals surface area (Å²) in [5.74, 6) is 0. The van der Waals surface area contributed by atoms with Gasteiger partial charge in [-0.2, -0.15) is 0 Å². The van der Waals surface area contributed by atoms with Crippen LogP contribution in [0.15, 0.2) is 18.3 Å². The zero-order valence-corrected chi connectivity index (χ0v) is 11.2. The first-order chi connectivity index (χ1) is 8.26. The van der Waals surface area contributed by atoms with Crippen LogP contribution in [0.1, 0.15) is 44.9 Å². The van der Waals surface area contributed by atoms with Crippen molar-refractivity contribution in [2.24, 2.45) is 0 Å². The third kappa shape index (κ3) is 5.80. The second kappa shape index (κ2) is 8.20. The van der Waals surface area contributed by atoms with Gasteiger partial charge in [-0.3, -0.25) is 4.98 Å². The standard InChI is InChI=1S/C14H24N2O/c1-4-8-15-9-13-6-7-14(16-10-13)11-17-12(3)5-2/h6-7,10,12,15H,4-5,8-9,11H2,1-3H3. The van der Waals surface area contributed by atoms with Crippen LogP contribution in [0, 0.1) is 0 Å². The Kier molecular flexibility index (Phi) is 6.82. The van der Waals surface area contributed by atoms with Crippen molar-refractivity contribution in [1.82, 2.24) is 10.3 Å². The van der Waals surface area contributed by atoms with Crippen LogP contribution in [0.2, 0.25) is 0 Å². The van der Waals surface area contributed by atoms with Crippen LogP contribution < -0.4 is 5.32 Å². The van der Waals surface area contributed by atoms with Gasteiger partial charge in [-0.05, 0) is 37.9 Å². The average Bonchev–Trinajstić information content (AvgIpc) is 2.37. The van der Waals surface area contributed by atoms with E-state index in [1.165, 1.54) is 5.56 Å². The quantitative estimate of drug-likeness (QED) is 0.705. The molecule has 0 aliphatic rings. The molecule has 96 valence electrons. The van der Waals surface area contributed by atoms with Gasteiger partial charge in [0.15, 0.2) is 0 Å². The number of ether oxygens (including phenoxy) is 1. The molecule has 0 aliphatic heterocycles. The lowest BCUT2D eigenvalue weighted by molar-refractivity contribution is 0.0489. The van der Waals surface area contributed by atoms with Gasteiger partial charge < -0.3 is 10.1 Å². The first kappa shape index (κ1) is 14.1. The van der Waals surface area contributed by atoms with Gasteiger partial charge in [-0.15, -0.1) is 0 Å². The highest BCUT2D eigenvalue weighted by Crippen LogP contribution is 2.05. The van der Waals surface area contributed by atoms with E-state index in [0.717, 1.165) is 31.6 Å². The lowest BCUT2D eigenvalue weighted by Gasteiger charge is -2.10. The molecule has 0 spiro atoms. The normalized spacial score (nSPS) is 12.6. The molecule has 0 aromatic carbocycles. The van der Waals surface area contributed by atoms with Crippen LogP contribution in [-0.4, -0.2) is 17.6 Å². The molecule has 0 saturated carbocycles. The van der Waals surface area contributed by atoms with E-state index in [9.17, 15) is 0 Å². The summed E-state index contributed by atoms with van der Waals surface area (Å²) in [4.78, 5) is 4.40. The fourth-order valence-electron chi connectivity index (χ4n) is 1.40. The van der Waals surface area contributed by atoms with Crippen molar-refractivity contribution < 1.29 is 4.74 Å². The van der Waals surface area contributed by atoms with Crippen molar-refractivity contribution in [1.29, 1.82) is 0 Å². The summed E-state index contributed by atoms with van der Waals surface area (Å²) < 4.78 is 5.64. The second-order valence-electron chi connectivity index (χ2n) is 4.36. The summed E-state index contributed by atoms with van der Waals surface area (Å²) in [6.07, 6.45) is 4.44. The smallest absolute Gasteiger partial charge is 0.0891 e. The lowest BCUT2D eigenvalue weighted by Crippen LogP contribution is -2.14. The largest absolute Gasteiger partial charge is 0.372 e. The monoisotopic (exact) mass is 236 g/mol. The van der Waals surface area contributed by atoms with Crippen LogP contribution in [0.25, 0.3) is 0 Å². The summed E-state index contributed by atoms with van der Waals surface area (Å²) in [5, 5.41) is 3.36. The molecule has 3 nitrogen and oxygen atoms in total. The number of aromatic nitrogens is 1. The van der Waals surface area contributed by atoms with Crippen LogP contribution in [0.5, 0.6) is 0 Å². The Morgan fingerprint density at radius 1 is 1.35 bits per heavy atom. The number of nitrogens with zero attached hydrogens (tertiary/aromatic N) is 1. The Balaban J connectivity index is 2.34. The third-order valence-corrected chi connectivity index (χ3v) is 2.73. The molecule has 1 rings (SSSR count). The van der Waals surface area contributed by atoms with E-state index >= 15 is 0 Å². The molecular formula is C14H24N2O. The zero-order chi connectivity index (χ0) is 12.5. The second-order valence-corrected chi connectivity index (χ2v) is 4.36. The fraction of sp³-hybridized carbons (Fsp3) is 0.643. The van der Waals surface area contributed by atoms with Gasteiger partial charge in [0.2, 0.25) is 0 Å². The Morgan fingerprint density at radius 3 is 2.76 bits per heavy atom. The Labute approximate surface area is 105 Å². The van der Waals surface area contributed by atoms with Gasteiger partial charge in [-0.25, -0.2) is 0 Å². The van der Waals surface area contributed by atoms with Crippen LogP contribution >= 0.6 is 0 Å². The molecule has 3 heteroatoms. The van der Waals surface area contributed by atoms with Gasteiger partial charge >= 0.3 is 0 Å². The third-order valence-electron chi connectivity index (χ3n) is 2.73. The molecular weight excluding hydrogens is 212 g/mol. The zero-order valence-electron chi connectivity index (χ0n) is 11.2. The number of nitrogens with one attached hydrogen (secondary N) is 1. The molecule has 0 radical (unpaired) electrons. The molecule has 1 aromatic rings. The maximum Gasteiger partial charge on any atom is 0.0891 e. The summed E-state index contributed by atoms with van der Waals surface area (Å²) in [6, 6.07) is 4.16. The molecule has 1 aromatic heterocycles. The van der Waals surface area contributed by atoms with E-state index in [1.807, 2.05) is 12.3 Å². The lowest BCUT2D eigenvalue weighted by atomic mass is 10.2. The minimum atomic E-state index is 0.308. The summed E-state index contributed by atoms with van der Waals surface area (Å²) >= 11 is 0. The van der Waals surface area contributed by atoms with Crippen molar-refractivity contribution in [3.8, 4) is 0 Å². The van der Waals surface area contributed by atoms with Crippen molar-refractivity contribution in [2.45, 2.75) is 52.9 Å². The number of hydrogen-bond acceptors (Lipinski definition) is 3. The molecule has 17 heavy (non-hydrogen) atoms. The van der Waals surface area contributed by atoms with Crippen molar-refractivity contribution in [3.05, 3.63) is 29.6 Å². The first-order valence-corrected chi connectivity index (χ1v) is 6.52. The SMILES string of the molecule is CCCNCc1ccc(COC(C)CC)nc1. The van der Waals surface area contributed by atoms with Crippen LogP contribution in [-0.2, 0) is 17.9 Å². The molecule has 0 fully saturated rings. The molecule has 0 bridgehead atoms. The summed E-state index contributed by atoms with van der Waals surface area (Å²) in [7, 11) is 0. The maximum absolute atomic E-state index is 5.64. The molecule has 0 amide bonds. The van der Waals surface area contributed by atoms with Gasteiger partial charge in [0.25, 0.3) is 0 Å². The number of hydrogen-bond donors (Lipinski definition) is 1. The van der Waals surface area contributed by atoms with Crippen molar-refractivity contribution in [2.75, 3.05) is 6.54 Å². The van der Waals surface area contributed by atoms with Gasteiger partial charge in [-0.1, -0.05) is 19.9 Å². The van der Waals surface area contributed by atoms with Crippen molar-refractivity contribution in [3.63, 3.8) is 0 Å². The summed E-state index contributed by atoms with van der Waals surface area (Å²) in [6.45, 7) is 8.94. The molecule has 1 atom stereocenters. The Morgan fingerprint density at radius 2 is 2.18 bits per heavy atom. The predicted molar refractivity (Wildman–Crippen MR) is 70.8 cm³/mol. The molecule has 1 unspecified atom stereocenters. The number of pyridine rings is 1. The van der Waals surface area contributed by atoms with Gasteiger partial charge in [0.1, 0.15) is 0 Å². The van der Waals surface area contributed by atoms with E-state index < -0.39 is 0 Å². The highest BCUT2D eigenvalue weighted by atomic mass is 16.5. The van der Waals surface area contributed by atoms with Gasteiger partial charge in [0, 0.05) is 12.7 Å². The number of rotatable bonds is 8. The first-order valence-electron chi connectivity index (χ1n) is 6.52.